The van der Waals surface area contributed by atoms with Crippen LogP contribution in [0.1, 0.15) is 26.2 Å². The number of nitrogens with zero attached hydrogens (tertiary/aromatic N) is 3. The van der Waals surface area contributed by atoms with Crippen LogP contribution in [-0.2, 0) is 0 Å². The zero-order chi connectivity index (χ0) is 22.6. The van der Waals surface area contributed by atoms with Crippen LogP contribution in [0.4, 0.5) is 23.2 Å². The first-order chi connectivity index (χ1) is 14.6. The van der Waals surface area contributed by atoms with Crippen molar-refractivity contribution in [2.45, 2.75) is 44.2 Å². The Balaban J connectivity index is 1.84. The Hall–Kier alpha value is -2.60. The third-order valence-electron chi connectivity index (χ3n) is 5.17. The molecule has 0 radical (unpaired) electrons. The molecular formula is C19H27F4N7O. The molecule has 0 saturated carbocycles. The number of nitrogens with one attached hydrogen (secondary N) is 3. The highest BCUT2D eigenvalue weighted by molar-refractivity contribution is 6.07. The van der Waals surface area contributed by atoms with E-state index < -0.39 is 24.3 Å². The van der Waals surface area contributed by atoms with Gasteiger partial charge in [0.15, 0.2) is 17.4 Å². The molecule has 1 fully saturated rings. The molecule has 172 valence electrons. The van der Waals surface area contributed by atoms with E-state index in [4.69, 9.17) is 10.5 Å². The third kappa shape index (κ3) is 6.20. The van der Waals surface area contributed by atoms with Gasteiger partial charge in [0, 0.05) is 24.2 Å². The Kier molecular flexibility index (Phi) is 6.90. The zero-order valence-corrected chi connectivity index (χ0v) is 17.4. The summed E-state index contributed by atoms with van der Waals surface area (Å²) in [6, 6.07) is 4.29. The van der Waals surface area contributed by atoms with Crippen molar-refractivity contribution in [3.05, 3.63) is 24.0 Å². The molecule has 12 heteroatoms. The number of rotatable bonds is 6. The van der Waals surface area contributed by atoms with E-state index in [0.29, 0.717) is 12.1 Å². The third-order valence-corrected chi connectivity index (χ3v) is 5.17. The van der Waals surface area contributed by atoms with E-state index >= 15 is 0 Å². The number of methoxy groups -OCH3 is 1. The van der Waals surface area contributed by atoms with E-state index in [2.05, 4.69) is 30.8 Å². The first-order valence-electron chi connectivity index (χ1n) is 10.0. The van der Waals surface area contributed by atoms with E-state index in [9.17, 15) is 17.6 Å². The SMILES string of the molecule is CCN1CCCC1CC1(N)N=C(Nc2ccc(OC)c(F)c2)NC(=NCC(F)(F)F)N1. The summed E-state index contributed by atoms with van der Waals surface area (Å²) in [5.74, 6) is -2.02. The molecule has 2 unspecified atom stereocenters. The highest BCUT2D eigenvalue weighted by Gasteiger charge is 2.37. The van der Waals surface area contributed by atoms with Crippen molar-refractivity contribution in [1.82, 2.24) is 15.5 Å². The minimum Gasteiger partial charge on any atom is -0.494 e. The van der Waals surface area contributed by atoms with E-state index in [-0.39, 0.29) is 23.7 Å². The Morgan fingerprint density at radius 1 is 1.42 bits per heavy atom. The molecule has 1 saturated heterocycles. The van der Waals surface area contributed by atoms with Gasteiger partial charge in [0.2, 0.25) is 11.9 Å². The molecular weight excluding hydrogens is 418 g/mol. The van der Waals surface area contributed by atoms with Crippen molar-refractivity contribution in [3.8, 4) is 5.75 Å². The summed E-state index contributed by atoms with van der Waals surface area (Å²) in [7, 11) is 1.35. The number of anilines is 1. The second kappa shape index (κ2) is 9.27. The van der Waals surface area contributed by atoms with Gasteiger partial charge >= 0.3 is 6.18 Å². The standard InChI is InChI=1S/C19H27F4N7O/c1-3-30-8-4-5-13(30)10-19(24)28-16(25-11-18(21,22)23)27-17(29-19)26-12-6-7-15(31-2)14(20)9-12/h6-7,9,13H,3-5,8,10-11,24H2,1-2H3,(H3,25,26,27,28,29). The second-order valence-electron chi connectivity index (χ2n) is 7.52. The summed E-state index contributed by atoms with van der Waals surface area (Å²) >= 11 is 0. The fraction of sp³-hybridized carbons (Fsp3) is 0.579. The molecule has 2 heterocycles. The summed E-state index contributed by atoms with van der Waals surface area (Å²) in [5.41, 5.74) is 6.76. The van der Waals surface area contributed by atoms with Gasteiger partial charge in [-0.15, -0.1) is 0 Å². The average Bonchev–Trinajstić information content (AvgIpc) is 3.12. The molecule has 1 aromatic rings. The lowest BCUT2D eigenvalue weighted by molar-refractivity contribution is -0.118. The fourth-order valence-corrected chi connectivity index (χ4v) is 3.79. The lowest BCUT2D eigenvalue weighted by Gasteiger charge is -2.37. The molecule has 3 rings (SSSR count). The van der Waals surface area contributed by atoms with Crippen molar-refractivity contribution >= 4 is 17.6 Å². The minimum absolute atomic E-state index is 0.0623. The molecule has 0 aromatic heterocycles. The number of ether oxygens (including phenoxy) is 1. The van der Waals surface area contributed by atoms with Gasteiger partial charge in [0.25, 0.3) is 0 Å². The predicted molar refractivity (Wildman–Crippen MR) is 110 cm³/mol. The summed E-state index contributed by atoms with van der Waals surface area (Å²) in [6.07, 6.45) is -2.17. The van der Waals surface area contributed by atoms with Gasteiger partial charge in [-0.2, -0.15) is 13.2 Å². The Morgan fingerprint density at radius 2 is 2.19 bits per heavy atom. The van der Waals surface area contributed by atoms with Crippen LogP contribution in [0.3, 0.4) is 0 Å². The molecule has 0 aliphatic carbocycles. The number of nitrogens with two attached hydrogens (primary N) is 1. The van der Waals surface area contributed by atoms with Gasteiger partial charge < -0.3 is 20.3 Å². The quantitative estimate of drug-likeness (QED) is 0.501. The number of halogens is 4. The molecule has 2 aliphatic heterocycles. The zero-order valence-electron chi connectivity index (χ0n) is 17.4. The normalized spacial score (nSPS) is 25.7. The van der Waals surface area contributed by atoms with Crippen molar-refractivity contribution in [3.63, 3.8) is 0 Å². The first-order valence-corrected chi connectivity index (χ1v) is 10.0. The Morgan fingerprint density at radius 3 is 2.84 bits per heavy atom. The molecule has 2 atom stereocenters. The van der Waals surface area contributed by atoms with Gasteiger partial charge in [-0.05, 0) is 38.1 Å². The van der Waals surface area contributed by atoms with Crippen molar-refractivity contribution in [2.24, 2.45) is 15.7 Å². The number of hydrogen-bond donors (Lipinski definition) is 4. The molecule has 2 aliphatic rings. The van der Waals surface area contributed by atoms with Crippen LogP contribution in [0.15, 0.2) is 28.2 Å². The topological polar surface area (TPSA) is 99.3 Å². The van der Waals surface area contributed by atoms with Gasteiger partial charge in [-0.3, -0.25) is 11.1 Å². The molecule has 5 N–H and O–H groups in total. The smallest absolute Gasteiger partial charge is 0.408 e. The summed E-state index contributed by atoms with van der Waals surface area (Å²) < 4.78 is 57.0. The summed E-state index contributed by atoms with van der Waals surface area (Å²) in [6.45, 7) is 2.44. The second-order valence-corrected chi connectivity index (χ2v) is 7.52. The minimum atomic E-state index is -4.47. The van der Waals surface area contributed by atoms with E-state index in [1.165, 1.54) is 19.2 Å². The van der Waals surface area contributed by atoms with Crippen LogP contribution in [0.5, 0.6) is 5.75 Å². The fourth-order valence-electron chi connectivity index (χ4n) is 3.79. The first kappa shape index (κ1) is 23.1. The van der Waals surface area contributed by atoms with Crippen LogP contribution in [0.2, 0.25) is 0 Å². The van der Waals surface area contributed by atoms with Crippen LogP contribution in [-0.4, -0.2) is 61.6 Å². The Labute approximate surface area is 177 Å². The van der Waals surface area contributed by atoms with Gasteiger partial charge in [-0.1, -0.05) is 6.92 Å². The maximum atomic E-state index is 14.0. The number of aliphatic imine (C=N–C) groups is 2. The van der Waals surface area contributed by atoms with Gasteiger partial charge in [0.05, 0.1) is 7.11 Å². The molecule has 0 bridgehead atoms. The van der Waals surface area contributed by atoms with Crippen molar-refractivity contribution < 1.29 is 22.3 Å². The summed E-state index contributed by atoms with van der Waals surface area (Å²) in [4.78, 5) is 10.2. The molecule has 31 heavy (non-hydrogen) atoms. The molecule has 0 amide bonds. The van der Waals surface area contributed by atoms with Crippen molar-refractivity contribution in [1.29, 1.82) is 0 Å². The largest absolute Gasteiger partial charge is 0.494 e. The summed E-state index contributed by atoms with van der Waals surface area (Å²) in [5, 5.41) is 8.30. The maximum Gasteiger partial charge on any atom is 0.408 e. The van der Waals surface area contributed by atoms with Crippen LogP contribution < -0.4 is 26.4 Å². The number of guanidine groups is 2. The Bertz CT molecular complexity index is 845. The number of hydrogen-bond acceptors (Lipinski definition) is 6. The highest BCUT2D eigenvalue weighted by atomic mass is 19.4. The molecule has 1 aromatic carbocycles. The molecule has 0 spiro atoms. The number of benzene rings is 1. The van der Waals surface area contributed by atoms with E-state index in [1.54, 1.807) is 6.07 Å². The highest BCUT2D eigenvalue weighted by Crippen LogP contribution is 2.26. The maximum absolute atomic E-state index is 14.0. The monoisotopic (exact) mass is 445 g/mol. The average molecular weight is 445 g/mol. The van der Waals surface area contributed by atoms with Crippen LogP contribution in [0.25, 0.3) is 0 Å². The van der Waals surface area contributed by atoms with Gasteiger partial charge in [0.1, 0.15) is 6.54 Å². The number of likely N-dealkylation sites (tertiary alicyclic amines) is 1. The number of alkyl halides is 3. The predicted octanol–water partition coefficient (Wildman–Crippen LogP) is 2.20. The van der Waals surface area contributed by atoms with E-state index in [1.807, 2.05) is 6.92 Å². The van der Waals surface area contributed by atoms with Crippen LogP contribution >= 0.6 is 0 Å². The molecule has 8 nitrogen and oxygen atoms in total. The van der Waals surface area contributed by atoms with Crippen LogP contribution in [0, 0.1) is 5.82 Å². The van der Waals surface area contributed by atoms with E-state index in [0.717, 1.165) is 25.9 Å². The lowest BCUT2D eigenvalue weighted by Crippen LogP contribution is -2.65. The van der Waals surface area contributed by atoms with Gasteiger partial charge in [-0.25, -0.2) is 14.4 Å². The van der Waals surface area contributed by atoms with Crippen molar-refractivity contribution in [2.75, 3.05) is 32.1 Å². The lowest BCUT2D eigenvalue weighted by atomic mass is 10.1.